The van der Waals surface area contributed by atoms with Crippen LogP contribution in [0.5, 0.6) is 0 Å². The van der Waals surface area contributed by atoms with E-state index in [0.29, 0.717) is 0 Å². The smallest absolute Gasteiger partial charge is 0.324 e. The first kappa shape index (κ1) is 25.5. The Morgan fingerprint density at radius 2 is 0.735 bits per heavy atom. The summed E-state index contributed by atoms with van der Waals surface area (Å²) in [6.45, 7) is 7.44. The van der Waals surface area contributed by atoms with Gasteiger partial charge in [0.1, 0.15) is 0 Å². The van der Waals surface area contributed by atoms with Gasteiger partial charge in [-0.15, -0.1) is 0 Å². The number of carbonyl (C=O) groups is 4. The van der Waals surface area contributed by atoms with E-state index in [1.165, 1.54) is 0 Å². The normalized spacial score (nSPS) is 21.5. The summed E-state index contributed by atoms with van der Waals surface area (Å²) >= 11 is 0. The molecule has 3 aliphatic rings. The second-order valence-electron chi connectivity index (χ2n) is 8.52. The number of esters is 4. The third-order valence-electron chi connectivity index (χ3n) is 6.43. The average Bonchev–Trinajstić information content (AvgIpc) is 3.35. The van der Waals surface area contributed by atoms with Gasteiger partial charge < -0.3 is 18.9 Å². The van der Waals surface area contributed by atoms with Gasteiger partial charge >= 0.3 is 23.9 Å². The Morgan fingerprint density at radius 1 is 0.529 bits per heavy atom. The average molecular weight is 473 g/mol. The lowest BCUT2D eigenvalue weighted by Gasteiger charge is -2.25. The molecular weight excluding hydrogens is 440 g/mol. The zero-order valence-corrected chi connectivity index (χ0v) is 20.2. The van der Waals surface area contributed by atoms with Crippen molar-refractivity contribution in [1.82, 2.24) is 0 Å². The molecule has 0 aromatic rings. The molecule has 3 aliphatic carbocycles. The van der Waals surface area contributed by atoms with Crippen molar-refractivity contribution < 1.29 is 38.1 Å². The summed E-state index contributed by atoms with van der Waals surface area (Å²) in [7, 11) is 0. The van der Waals surface area contributed by atoms with E-state index in [9.17, 15) is 19.2 Å². The summed E-state index contributed by atoms with van der Waals surface area (Å²) in [5.41, 5.74) is 0.421. The van der Waals surface area contributed by atoms with Gasteiger partial charge in [-0.25, -0.2) is 0 Å². The van der Waals surface area contributed by atoms with Crippen LogP contribution >= 0.6 is 0 Å². The monoisotopic (exact) mass is 472 g/mol. The lowest BCUT2D eigenvalue weighted by atomic mass is 9.82. The quantitative estimate of drug-likeness (QED) is 0.300. The molecule has 8 heteroatoms. The fourth-order valence-electron chi connectivity index (χ4n) is 4.77. The third-order valence-corrected chi connectivity index (χ3v) is 6.43. The number of allylic oxidation sites excluding steroid dienone is 8. The maximum absolute atomic E-state index is 12.8. The zero-order chi connectivity index (χ0) is 24.9. The largest absolute Gasteiger partial charge is 0.465 e. The molecule has 8 nitrogen and oxygen atoms in total. The predicted octanol–water partition coefficient (Wildman–Crippen LogP) is 3.52. The highest BCUT2D eigenvalue weighted by Gasteiger charge is 2.55. The lowest BCUT2D eigenvalue weighted by molar-refractivity contribution is -0.173. The Hall–Kier alpha value is -3.16. The van der Waals surface area contributed by atoms with Crippen molar-refractivity contribution in [2.75, 3.05) is 26.4 Å². The number of rotatable bonds is 8. The molecule has 3 rings (SSSR count). The summed E-state index contributed by atoms with van der Waals surface area (Å²) in [6, 6.07) is 0. The summed E-state index contributed by atoms with van der Waals surface area (Å²) in [5, 5.41) is 0. The van der Waals surface area contributed by atoms with Crippen LogP contribution in [-0.4, -0.2) is 50.3 Å². The molecule has 0 bridgehead atoms. The molecule has 0 spiro atoms. The van der Waals surface area contributed by atoms with E-state index in [0.717, 1.165) is 22.3 Å². The molecule has 0 aliphatic heterocycles. The standard InChI is InChI=1S/C26H32O8/c1-5-31-21(27)25(22(28)32-6-2)13-17-9-11-19-15-26(23(29)33-7-3,24(30)34-8-4)16-20(19)12-10-18(17)14-25/h9-12H,5-8,13-16H2,1-4H3/b11-9-,12-10-,17-9?,18-10?,19-11?,20-12?. The van der Waals surface area contributed by atoms with Gasteiger partial charge in [-0.1, -0.05) is 24.3 Å². The molecule has 0 radical (unpaired) electrons. The second kappa shape index (κ2) is 10.4. The van der Waals surface area contributed by atoms with E-state index in [1.807, 2.05) is 24.3 Å². The number of hydrogen-bond donors (Lipinski definition) is 0. The summed E-state index contributed by atoms with van der Waals surface area (Å²) in [4.78, 5) is 51.4. The van der Waals surface area contributed by atoms with E-state index in [1.54, 1.807) is 27.7 Å². The van der Waals surface area contributed by atoms with E-state index in [2.05, 4.69) is 0 Å². The highest BCUT2D eigenvalue weighted by Crippen LogP contribution is 2.49. The molecule has 0 heterocycles. The van der Waals surface area contributed by atoms with E-state index in [-0.39, 0.29) is 52.1 Å². The summed E-state index contributed by atoms with van der Waals surface area (Å²) in [6.07, 6.45) is 8.02. The molecular formula is C26H32O8. The van der Waals surface area contributed by atoms with Crippen LogP contribution in [0.1, 0.15) is 53.4 Å². The summed E-state index contributed by atoms with van der Waals surface area (Å²) < 4.78 is 21.0. The van der Waals surface area contributed by atoms with Crippen LogP contribution in [0, 0.1) is 10.8 Å². The SMILES string of the molecule is CCOC(=O)C1(C(=O)OCC)CC2=C(/C=C\C3=C(/C=C\2)CC(C(=O)OCC)(C(=O)OCC)C3)C1. The van der Waals surface area contributed by atoms with Crippen LogP contribution in [0.2, 0.25) is 0 Å². The molecule has 0 N–H and O–H groups in total. The van der Waals surface area contributed by atoms with Crippen molar-refractivity contribution >= 4 is 23.9 Å². The number of hydrogen-bond acceptors (Lipinski definition) is 8. The predicted molar refractivity (Wildman–Crippen MR) is 122 cm³/mol. The molecule has 0 amide bonds. The minimum atomic E-state index is -1.42. The van der Waals surface area contributed by atoms with Crippen LogP contribution in [-0.2, 0) is 38.1 Å². The third kappa shape index (κ3) is 4.45. The van der Waals surface area contributed by atoms with Crippen molar-refractivity contribution in [2.45, 2.75) is 53.4 Å². The molecule has 0 fully saturated rings. The minimum Gasteiger partial charge on any atom is -0.465 e. The molecule has 0 saturated carbocycles. The Bertz CT molecular complexity index is 838. The van der Waals surface area contributed by atoms with Crippen molar-refractivity contribution in [3.63, 3.8) is 0 Å². The van der Waals surface area contributed by atoms with E-state index in [4.69, 9.17) is 18.9 Å². The van der Waals surface area contributed by atoms with Gasteiger partial charge in [0.15, 0.2) is 10.8 Å². The van der Waals surface area contributed by atoms with Crippen LogP contribution in [0.25, 0.3) is 0 Å². The molecule has 0 aromatic heterocycles. The first-order chi connectivity index (χ1) is 16.3. The first-order valence-electron chi connectivity index (χ1n) is 11.8. The lowest BCUT2D eigenvalue weighted by Crippen LogP contribution is -2.40. The van der Waals surface area contributed by atoms with Gasteiger partial charge in [-0.3, -0.25) is 19.2 Å². The van der Waals surface area contributed by atoms with Crippen molar-refractivity contribution in [3.05, 3.63) is 46.6 Å². The van der Waals surface area contributed by atoms with Crippen LogP contribution in [0.3, 0.4) is 0 Å². The zero-order valence-electron chi connectivity index (χ0n) is 20.2. The highest BCUT2D eigenvalue weighted by atomic mass is 16.6. The molecule has 184 valence electrons. The Morgan fingerprint density at radius 3 is 0.912 bits per heavy atom. The van der Waals surface area contributed by atoms with E-state index >= 15 is 0 Å². The Kier molecular flexibility index (Phi) is 7.79. The first-order valence-corrected chi connectivity index (χ1v) is 11.8. The Labute approximate surface area is 199 Å². The summed E-state index contributed by atoms with van der Waals surface area (Å²) in [5.74, 6) is -2.37. The van der Waals surface area contributed by atoms with Gasteiger partial charge in [0, 0.05) is 0 Å². The van der Waals surface area contributed by atoms with Crippen molar-refractivity contribution in [3.8, 4) is 0 Å². The fraction of sp³-hybridized carbons (Fsp3) is 0.538. The fourth-order valence-corrected chi connectivity index (χ4v) is 4.77. The van der Waals surface area contributed by atoms with Crippen LogP contribution in [0.4, 0.5) is 0 Å². The van der Waals surface area contributed by atoms with Gasteiger partial charge in [-0.2, -0.15) is 0 Å². The molecule has 0 aromatic carbocycles. The number of ether oxygens (including phenoxy) is 4. The number of carbonyl (C=O) groups excluding carboxylic acids is 4. The van der Waals surface area contributed by atoms with Crippen LogP contribution in [0.15, 0.2) is 46.6 Å². The highest BCUT2D eigenvalue weighted by molar-refractivity contribution is 6.03. The van der Waals surface area contributed by atoms with Gasteiger partial charge in [0.05, 0.1) is 26.4 Å². The van der Waals surface area contributed by atoms with Crippen molar-refractivity contribution in [2.24, 2.45) is 10.8 Å². The van der Waals surface area contributed by atoms with Crippen LogP contribution < -0.4 is 0 Å². The minimum absolute atomic E-state index is 0.157. The maximum atomic E-state index is 12.8. The topological polar surface area (TPSA) is 105 Å². The molecule has 0 unspecified atom stereocenters. The molecule has 0 atom stereocenters. The molecule has 0 saturated heterocycles. The van der Waals surface area contributed by atoms with Gasteiger partial charge in [0.25, 0.3) is 0 Å². The van der Waals surface area contributed by atoms with Crippen molar-refractivity contribution in [1.29, 1.82) is 0 Å². The van der Waals surface area contributed by atoms with Gasteiger partial charge in [-0.05, 0) is 75.7 Å². The second-order valence-corrected chi connectivity index (χ2v) is 8.52. The maximum Gasteiger partial charge on any atom is 0.324 e. The Balaban J connectivity index is 1.90. The van der Waals surface area contributed by atoms with Gasteiger partial charge in [0.2, 0.25) is 0 Å². The molecule has 34 heavy (non-hydrogen) atoms. The van der Waals surface area contributed by atoms with E-state index < -0.39 is 34.7 Å².